The molecule has 0 radical (unpaired) electrons. The van der Waals surface area contributed by atoms with Gasteiger partial charge < -0.3 is 14.4 Å². The number of carbonyl (C=O) groups excluding carboxylic acids is 1. The molecule has 1 spiro atoms. The number of fused-ring (bicyclic) bond motifs is 2. The standard InChI is InChI=1S/C19H20ClNO3S/c1-23-14-4-2-3-13-7-12-24-19(17(13)14)8-10-21(11-9-19)18(22)15-5-6-16(20)25-15/h2-6H,7-12H2,1H3. The van der Waals surface area contributed by atoms with E-state index in [1.54, 1.807) is 19.2 Å². The Morgan fingerprint density at radius 1 is 1.28 bits per heavy atom. The Morgan fingerprint density at radius 3 is 2.76 bits per heavy atom. The Labute approximate surface area is 156 Å². The van der Waals surface area contributed by atoms with Gasteiger partial charge in [0, 0.05) is 18.7 Å². The van der Waals surface area contributed by atoms with E-state index in [0.29, 0.717) is 28.9 Å². The van der Waals surface area contributed by atoms with Crippen molar-refractivity contribution in [1.82, 2.24) is 4.90 Å². The number of hydrogen-bond donors (Lipinski definition) is 0. The summed E-state index contributed by atoms with van der Waals surface area (Å²) in [6.45, 7) is 2.06. The molecule has 1 amide bonds. The Bertz CT molecular complexity index is 781. The van der Waals surface area contributed by atoms with E-state index >= 15 is 0 Å². The molecular formula is C19H20ClNO3S. The van der Waals surface area contributed by atoms with E-state index in [0.717, 1.165) is 25.0 Å². The summed E-state index contributed by atoms with van der Waals surface area (Å²) in [4.78, 5) is 15.3. The van der Waals surface area contributed by atoms with Gasteiger partial charge in [-0.05, 0) is 43.0 Å². The summed E-state index contributed by atoms with van der Waals surface area (Å²) in [6.07, 6.45) is 2.47. The maximum atomic E-state index is 12.7. The molecule has 6 heteroatoms. The van der Waals surface area contributed by atoms with Gasteiger partial charge >= 0.3 is 0 Å². The van der Waals surface area contributed by atoms with Crippen LogP contribution in [0.2, 0.25) is 4.34 Å². The summed E-state index contributed by atoms with van der Waals surface area (Å²) in [7, 11) is 1.71. The number of benzene rings is 1. The van der Waals surface area contributed by atoms with Crippen LogP contribution in [0.3, 0.4) is 0 Å². The zero-order chi connectivity index (χ0) is 17.4. The van der Waals surface area contributed by atoms with Gasteiger partial charge in [0.05, 0.1) is 22.9 Å². The predicted octanol–water partition coefficient (Wildman–Crippen LogP) is 4.11. The number of likely N-dealkylation sites (tertiary alicyclic amines) is 1. The molecule has 1 saturated heterocycles. The van der Waals surface area contributed by atoms with Gasteiger partial charge in [-0.1, -0.05) is 23.7 Å². The fourth-order valence-electron chi connectivity index (χ4n) is 3.95. The quantitative estimate of drug-likeness (QED) is 0.790. The van der Waals surface area contributed by atoms with Crippen molar-refractivity contribution in [3.05, 3.63) is 50.7 Å². The number of rotatable bonds is 2. The Balaban J connectivity index is 1.57. The summed E-state index contributed by atoms with van der Waals surface area (Å²) in [5, 5.41) is 0. The summed E-state index contributed by atoms with van der Waals surface area (Å²) in [5.41, 5.74) is 2.13. The van der Waals surface area contributed by atoms with Crippen LogP contribution in [-0.2, 0) is 16.8 Å². The molecule has 0 atom stereocenters. The lowest BCUT2D eigenvalue weighted by atomic mass is 9.78. The molecule has 132 valence electrons. The average Bonchev–Trinajstić information content (AvgIpc) is 3.08. The molecule has 2 aromatic rings. The minimum Gasteiger partial charge on any atom is -0.496 e. The molecule has 0 aliphatic carbocycles. The monoisotopic (exact) mass is 377 g/mol. The molecule has 4 rings (SSSR count). The van der Waals surface area contributed by atoms with Crippen molar-refractivity contribution in [2.75, 3.05) is 26.8 Å². The van der Waals surface area contributed by atoms with E-state index in [-0.39, 0.29) is 11.5 Å². The summed E-state index contributed by atoms with van der Waals surface area (Å²) in [6, 6.07) is 9.77. The molecular weight excluding hydrogens is 358 g/mol. The first-order valence-electron chi connectivity index (χ1n) is 8.48. The molecule has 2 aliphatic heterocycles. The molecule has 25 heavy (non-hydrogen) atoms. The third-order valence-corrected chi connectivity index (χ3v) is 6.40. The largest absolute Gasteiger partial charge is 0.496 e. The van der Waals surface area contributed by atoms with Gasteiger partial charge in [0.15, 0.2) is 0 Å². The van der Waals surface area contributed by atoms with Gasteiger partial charge in [-0.2, -0.15) is 0 Å². The van der Waals surface area contributed by atoms with E-state index in [2.05, 4.69) is 6.07 Å². The number of piperidine rings is 1. The van der Waals surface area contributed by atoms with E-state index in [1.807, 2.05) is 17.0 Å². The van der Waals surface area contributed by atoms with Crippen molar-refractivity contribution < 1.29 is 14.3 Å². The number of hydrogen-bond acceptors (Lipinski definition) is 4. The van der Waals surface area contributed by atoms with Crippen LogP contribution < -0.4 is 4.74 Å². The number of methoxy groups -OCH3 is 1. The number of ether oxygens (including phenoxy) is 2. The molecule has 3 heterocycles. The number of amides is 1. The summed E-state index contributed by atoms with van der Waals surface area (Å²) in [5.74, 6) is 0.949. The molecule has 0 N–H and O–H groups in total. The molecule has 4 nitrogen and oxygen atoms in total. The number of carbonyl (C=O) groups is 1. The zero-order valence-electron chi connectivity index (χ0n) is 14.1. The van der Waals surface area contributed by atoms with Crippen molar-refractivity contribution in [1.29, 1.82) is 0 Å². The SMILES string of the molecule is COc1cccc2c1C1(CCN(C(=O)c3ccc(Cl)s3)CC1)OCC2. The molecule has 1 fully saturated rings. The van der Waals surface area contributed by atoms with Gasteiger partial charge in [0.1, 0.15) is 11.4 Å². The number of thiophene rings is 1. The van der Waals surface area contributed by atoms with Crippen LogP contribution >= 0.6 is 22.9 Å². The molecule has 0 unspecified atom stereocenters. The molecule has 1 aromatic carbocycles. The Hall–Kier alpha value is -1.56. The Morgan fingerprint density at radius 2 is 2.08 bits per heavy atom. The first-order valence-corrected chi connectivity index (χ1v) is 9.67. The smallest absolute Gasteiger partial charge is 0.263 e. The zero-order valence-corrected chi connectivity index (χ0v) is 15.7. The lowest BCUT2D eigenvalue weighted by molar-refractivity contribution is -0.0946. The number of halogens is 1. The van der Waals surface area contributed by atoms with Crippen LogP contribution in [0.5, 0.6) is 5.75 Å². The lowest BCUT2D eigenvalue weighted by Crippen LogP contribution is -2.48. The second-order valence-electron chi connectivity index (χ2n) is 6.48. The van der Waals surface area contributed by atoms with E-state index < -0.39 is 0 Å². The van der Waals surface area contributed by atoms with Crippen molar-refractivity contribution >= 4 is 28.8 Å². The minimum absolute atomic E-state index is 0.0582. The first kappa shape index (κ1) is 16.9. The number of nitrogens with zero attached hydrogens (tertiary/aromatic N) is 1. The topological polar surface area (TPSA) is 38.8 Å². The van der Waals surface area contributed by atoms with E-state index in [9.17, 15) is 4.79 Å². The molecule has 2 aliphatic rings. The van der Waals surface area contributed by atoms with Crippen LogP contribution in [0.4, 0.5) is 0 Å². The highest BCUT2D eigenvalue weighted by Gasteiger charge is 2.43. The van der Waals surface area contributed by atoms with E-state index in [4.69, 9.17) is 21.1 Å². The normalized spacial score (nSPS) is 18.9. The van der Waals surface area contributed by atoms with Crippen LogP contribution in [0, 0.1) is 0 Å². The second-order valence-corrected chi connectivity index (χ2v) is 8.20. The maximum absolute atomic E-state index is 12.7. The fourth-order valence-corrected chi connectivity index (χ4v) is 4.96. The van der Waals surface area contributed by atoms with E-state index in [1.165, 1.54) is 22.5 Å². The van der Waals surface area contributed by atoms with Crippen LogP contribution in [-0.4, -0.2) is 37.6 Å². The Kier molecular flexibility index (Phi) is 4.48. The van der Waals surface area contributed by atoms with Gasteiger partial charge in [-0.3, -0.25) is 4.79 Å². The highest BCUT2D eigenvalue weighted by Crippen LogP contribution is 2.46. The molecule has 1 aromatic heterocycles. The highest BCUT2D eigenvalue weighted by molar-refractivity contribution is 7.17. The van der Waals surface area contributed by atoms with Crippen molar-refractivity contribution in [2.24, 2.45) is 0 Å². The summed E-state index contributed by atoms with van der Waals surface area (Å²) < 4.78 is 12.5. The minimum atomic E-state index is -0.343. The third kappa shape index (κ3) is 2.94. The van der Waals surface area contributed by atoms with Crippen LogP contribution in [0.25, 0.3) is 0 Å². The van der Waals surface area contributed by atoms with Gasteiger partial charge in [0.2, 0.25) is 0 Å². The third-order valence-electron chi connectivity index (χ3n) is 5.18. The highest BCUT2D eigenvalue weighted by atomic mass is 35.5. The van der Waals surface area contributed by atoms with Gasteiger partial charge in [-0.15, -0.1) is 11.3 Å². The molecule has 0 saturated carbocycles. The van der Waals surface area contributed by atoms with Gasteiger partial charge in [0.25, 0.3) is 5.91 Å². The van der Waals surface area contributed by atoms with Crippen LogP contribution in [0.1, 0.15) is 33.6 Å². The first-order chi connectivity index (χ1) is 12.1. The van der Waals surface area contributed by atoms with Crippen molar-refractivity contribution in [2.45, 2.75) is 24.9 Å². The summed E-state index contributed by atoms with van der Waals surface area (Å²) >= 11 is 7.30. The molecule has 0 bridgehead atoms. The lowest BCUT2D eigenvalue weighted by Gasteiger charge is -2.45. The second kappa shape index (κ2) is 6.63. The van der Waals surface area contributed by atoms with Crippen LogP contribution in [0.15, 0.2) is 30.3 Å². The van der Waals surface area contributed by atoms with Crippen molar-refractivity contribution in [3.63, 3.8) is 0 Å². The maximum Gasteiger partial charge on any atom is 0.263 e. The fraction of sp³-hybridized carbons (Fsp3) is 0.421. The predicted molar refractivity (Wildman–Crippen MR) is 98.8 cm³/mol. The van der Waals surface area contributed by atoms with Crippen molar-refractivity contribution in [3.8, 4) is 5.75 Å². The van der Waals surface area contributed by atoms with Gasteiger partial charge in [-0.25, -0.2) is 0 Å². The average molecular weight is 378 g/mol.